The van der Waals surface area contributed by atoms with Crippen LogP contribution in [-0.4, -0.2) is 58.7 Å². The molecule has 0 saturated carbocycles. The van der Waals surface area contributed by atoms with Gasteiger partial charge in [-0.25, -0.2) is 9.37 Å². The molecule has 30 heavy (non-hydrogen) atoms. The number of nitrogens with zero attached hydrogens (tertiary/aromatic N) is 3. The largest absolute Gasteiger partial charge is 0.396 e. The molecule has 0 amide bonds. The molecule has 0 bridgehead atoms. The summed E-state index contributed by atoms with van der Waals surface area (Å²) in [6.45, 7) is 5.01. The Morgan fingerprint density at radius 1 is 1.07 bits per heavy atom. The van der Waals surface area contributed by atoms with E-state index in [9.17, 15) is 9.50 Å². The van der Waals surface area contributed by atoms with Crippen molar-refractivity contribution < 1.29 is 9.50 Å². The van der Waals surface area contributed by atoms with Gasteiger partial charge in [-0.2, -0.15) is 0 Å². The zero-order valence-corrected chi connectivity index (χ0v) is 17.9. The average Bonchev–Trinajstić information content (AvgIpc) is 3.23. The number of aromatic nitrogens is 1. The van der Waals surface area contributed by atoms with E-state index in [0.29, 0.717) is 6.04 Å². The van der Waals surface area contributed by atoms with E-state index < -0.39 is 0 Å². The monoisotopic (exact) mass is 425 g/mol. The third kappa shape index (κ3) is 5.52. The Hall–Kier alpha value is -2.12. The summed E-state index contributed by atoms with van der Waals surface area (Å²) in [6, 6.07) is 17.5. The second kappa shape index (κ2) is 10.3. The average molecular weight is 426 g/mol. The lowest BCUT2D eigenvalue weighted by molar-refractivity contribution is 0.0562. The molecule has 0 unspecified atom stereocenters. The topological polar surface area (TPSA) is 39.6 Å². The molecule has 1 fully saturated rings. The second-order valence-electron chi connectivity index (χ2n) is 7.81. The molecule has 1 atom stereocenters. The second-order valence-corrected chi connectivity index (χ2v) is 8.75. The number of piperazine rings is 1. The molecule has 1 aliphatic heterocycles. The predicted molar refractivity (Wildman–Crippen MR) is 120 cm³/mol. The molecule has 1 N–H and O–H groups in total. The van der Waals surface area contributed by atoms with Crippen molar-refractivity contribution in [2.24, 2.45) is 0 Å². The molecule has 6 heteroatoms. The number of rotatable bonds is 8. The number of thiazole rings is 1. The molecule has 0 spiro atoms. The van der Waals surface area contributed by atoms with Crippen LogP contribution in [0.5, 0.6) is 0 Å². The van der Waals surface area contributed by atoms with Gasteiger partial charge in [-0.15, -0.1) is 11.3 Å². The molecule has 2 aromatic carbocycles. The van der Waals surface area contributed by atoms with Gasteiger partial charge in [-0.3, -0.25) is 9.80 Å². The predicted octanol–water partition coefficient (Wildman–Crippen LogP) is 4.06. The molecule has 3 aromatic rings. The highest BCUT2D eigenvalue weighted by atomic mass is 32.1. The summed E-state index contributed by atoms with van der Waals surface area (Å²) in [5, 5.41) is 12.7. The van der Waals surface area contributed by atoms with Crippen molar-refractivity contribution in [1.29, 1.82) is 0 Å². The van der Waals surface area contributed by atoms with Gasteiger partial charge >= 0.3 is 0 Å². The fourth-order valence-corrected chi connectivity index (χ4v) is 4.91. The zero-order chi connectivity index (χ0) is 20.8. The van der Waals surface area contributed by atoms with Gasteiger partial charge in [-0.1, -0.05) is 30.3 Å². The summed E-state index contributed by atoms with van der Waals surface area (Å²) in [7, 11) is 0. The smallest absolute Gasteiger partial charge is 0.123 e. The van der Waals surface area contributed by atoms with Gasteiger partial charge < -0.3 is 5.11 Å². The minimum atomic E-state index is -0.228. The highest BCUT2D eigenvalue weighted by Gasteiger charge is 2.26. The lowest BCUT2D eigenvalue weighted by atomic mass is 10.1. The van der Waals surface area contributed by atoms with E-state index in [-0.39, 0.29) is 12.4 Å². The standard InChI is InChI=1S/C24H28FN3OS/c25-21-8-6-20(7-9-21)23-18-30-24(26-23)17-27-13-14-28(22(16-27)11-15-29)12-10-19-4-2-1-3-5-19/h1-9,18,22,29H,10-17H2/t22-/m1/s1. The van der Waals surface area contributed by atoms with Gasteiger partial charge in [0, 0.05) is 49.8 Å². The summed E-state index contributed by atoms with van der Waals surface area (Å²) in [5.41, 5.74) is 3.21. The van der Waals surface area contributed by atoms with Gasteiger partial charge in [0.15, 0.2) is 0 Å². The number of benzene rings is 2. The number of halogens is 1. The van der Waals surface area contributed by atoms with Crippen molar-refractivity contribution >= 4 is 11.3 Å². The molecule has 158 valence electrons. The molecule has 1 aliphatic rings. The molecule has 0 radical (unpaired) electrons. The van der Waals surface area contributed by atoms with Crippen LogP contribution >= 0.6 is 11.3 Å². The van der Waals surface area contributed by atoms with Crippen molar-refractivity contribution in [2.45, 2.75) is 25.4 Å². The number of hydrogen-bond acceptors (Lipinski definition) is 5. The van der Waals surface area contributed by atoms with E-state index >= 15 is 0 Å². The Morgan fingerprint density at radius 2 is 1.87 bits per heavy atom. The third-order valence-electron chi connectivity index (χ3n) is 5.73. The van der Waals surface area contributed by atoms with E-state index in [4.69, 9.17) is 4.98 Å². The Kier molecular flexibility index (Phi) is 7.23. The quantitative estimate of drug-likeness (QED) is 0.591. The van der Waals surface area contributed by atoms with Crippen molar-refractivity contribution in [3.05, 3.63) is 76.4 Å². The highest BCUT2D eigenvalue weighted by Crippen LogP contribution is 2.24. The van der Waals surface area contributed by atoms with Crippen molar-refractivity contribution in [1.82, 2.24) is 14.8 Å². The first-order valence-electron chi connectivity index (χ1n) is 10.5. The van der Waals surface area contributed by atoms with Gasteiger partial charge in [0.05, 0.1) is 12.2 Å². The van der Waals surface area contributed by atoms with Gasteiger partial charge in [0.1, 0.15) is 10.8 Å². The van der Waals surface area contributed by atoms with Crippen LogP contribution in [0.25, 0.3) is 11.3 Å². The van der Waals surface area contributed by atoms with Crippen molar-refractivity contribution in [3.8, 4) is 11.3 Å². The molecule has 2 heterocycles. The van der Waals surface area contributed by atoms with Crippen LogP contribution in [-0.2, 0) is 13.0 Å². The van der Waals surface area contributed by atoms with E-state index in [0.717, 1.165) is 61.8 Å². The van der Waals surface area contributed by atoms with E-state index in [1.807, 2.05) is 5.38 Å². The Bertz CT molecular complexity index is 916. The number of aliphatic hydroxyl groups excluding tert-OH is 1. The first-order valence-corrected chi connectivity index (χ1v) is 11.4. The van der Waals surface area contributed by atoms with Gasteiger partial charge in [0.2, 0.25) is 0 Å². The summed E-state index contributed by atoms with van der Waals surface area (Å²) in [6.07, 6.45) is 1.83. The molecule has 4 rings (SSSR count). The van der Waals surface area contributed by atoms with Crippen LogP contribution in [0.1, 0.15) is 17.0 Å². The summed E-state index contributed by atoms with van der Waals surface area (Å²) in [5.74, 6) is -0.228. The lowest BCUT2D eigenvalue weighted by Crippen LogP contribution is -2.53. The molecule has 4 nitrogen and oxygen atoms in total. The minimum absolute atomic E-state index is 0.215. The summed E-state index contributed by atoms with van der Waals surface area (Å²) < 4.78 is 13.2. The summed E-state index contributed by atoms with van der Waals surface area (Å²) in [4.78, 5) is 9.72. The minimum Gasteiger partial charge on any atom is -0.396 e. The van der Waals surface area contributed by atoms with E-state index in [1.54, 1.807) is 23.5 Å². The van der Waals surface area contributed by atoms with Crippen LogP contribution in [0.2, 0.25) is 0 Å². The van der Waals surface area contributed by atoms with Crippen LogP contribution in [0, 0.1) is 5.82 Å². The van der Waals surface area contributed by atoms with Crippen molar-refractivity contribution in [2.75, 3.05) is 32.8 Å². The fourth-order valence-electron chi connectivity index (χ4n) is 4.06. The van der Waals surface area contributed by atoms with Crippen LogP contribution in [0.4, 0.5) is 4.39 Å². The molecule has 1 aromatic heterocycles. The third-order valence-corrected chi connectivity index (χ3v) is 6.57. The molecule has 0 aliphatic carbocycles. The lowest BCUT2D eigenvalue weighted by Gasteiger charge is -2.41. The number of aliphatic hydroxyl groups is 1. The molecule has 1 saturated heterocycles. The maximum Gasteiger partial charge on any atom is 0.123 e. The Labute approximate surface area is 181 Å². The number of hydrogen-bond donors (Lipinski definition) is 1. The first-order chi connectivity index (χ1) is 14.7. The van der Waals surface area contributed by atoms with E-state index in [2.05, 4.69) is 40.1 Å². The first kappa shape index (κ1) is 21.1. The van der Waals surface area contributed by atoms with Crippen LogP contribution in [0.15, 0.2) is 60.0 Å². The van der Waals surface area contributed by atoms with Crippen LogP contribution in [0.3, 0.4) is 0 Å². The molecular weight excluding hydrogens is 397 g/mol. The van der Waals surface area contributed by atoms with Gasteiger partial charge in [-0.05, 0) is 42.7 Å². The Balaban J connectivity index is 1.34. The fraction of sp³-hybridized carbons (Fsp3) is 0.375. The SMILES string of the molecule is OCC[C@@H]1CN(Cc2nc(-c3ccc(F)cc3)cs2)CCN1CCc1ccccc1. The van der Waals surface area contributed by atoms with Gasteiger partial charge in [0.25, 0.3) is 0 Å². The summed E-state index contributed by atoms with van der Waals surface area (Å²) >= 11 is 1.66. The maximum atomic E-state index is 13.2. The maximum absolute atomic E-state index is 13.2. The van der Waals surface area contributed by atoms with Crippen molar-refractivity contribution in [3.63, 3.8) is 0 Å². The zero-order valence-electron chi connectivity index (χ0n) is 17.1. The Morgan fingerprint density at radius 3 is 2.63 bits per heavy atom. The van der Waals surface area contributed by atoms with E-state index in [1.165, 1.54) is 17.7 Å². The molecular formula is C24H28FN3OS. The van der Waals surface area contributed by atoms with Crippen LogP contribution < -0.4 is 0 Å². The normalized spacial score (nSPS) is 18.0. The highest BCUT2D eigenvalue weighted by molar-refractivity contribution is 7.09.